The van der Waals surface area contributed by atoms with Gasteiger partial charge in [0.25, 0.3) is 6.43 Å². The second-order valence-electron chi connectivity index (χ2n) is 4.39. The Morgan fingerprint density at radius 2 is 2.06 bits per heavy atom. The minimum atomic E-state index is -2.33. The Morgan fingerprint density at radius 3 is 2.71 bits per heavy atom. The highest BCUT2D eigenvalue weighted by Gasteiger charge is 2.10. The first kappa shape index (κ1) is 12.0. The van der Waals surface area contributed by atoms with Crippen molar-refractivity contribution in [3.8, 4) is 0 Å². The molecule has 0 bridgehead atoms. The molecule has 0 fully saturated rings. The highest BCUT2D eigenvalue weighted by molar-refractivity contribution is 5.83. The number of aromatic nitrogens is 1. The molecule has 0 spiro atoms. The van der Waals surface area contributed by atoms with E-state index in [1.807, 2.05) is 31.2 Å². The van der Waals surface area contributed by atoms with Gasteiger partial charge in [0.1, 0.15) is 0 Å². The summed E-state index contributed by atoms with van der Waals surface area (Å²) in [4.78, 5) is 0. The van der Waals surface area contributed by atoms with Crippen molar-refractivity contribution in [1.82, 2.24) is 4.57 Å². The maximum absolute atomic E-state index is 12.4. The average molecular weight is 238 g/mol. The third-order valence-corrected chi connectivity index (χ3v) is 2.78. The van der Waals surface area contributed by atoms with Crippen molar-refractivity contribution >= 4 is 10.9 Å². The maximum atomic E-state index is 12.4. The summed E-state index contributed by atoms with van der Waals surface area (Å²) in [6, 6.07) is 7.71. The number of hydrogen-bond acceptors (Lipinski definition) is 1. The smallest absolute Gasteiger partial charge is 0.256 e. The summed E-state index contributed by atoms with van der Waals surface area (Å²) >= 11 is 0. The largest absolute Gasteiger partial charge is 0.342 e. The predicted octanol–water partition coefficient (Wildman–Crippen LogP) is 2.80. The first-order valence-electron chi connectivity index (χ1n) is 5.68. The van der Waals surface area contributed by atoms with Crippen LogP contribution in [0.15, 0.2) is 30.5 Å². The van der Waals surface area contributed by atoms with Crippen LogP contribution in [-0.2, 0) is 13.0 Å². The summed E-state index contributed by atoms with van der Waals surface area (Å²) < 4.78 is 26.4. The van der Waals surface area contributed by atoms with Crippen LogP contribution in [0.2, 0.25) is 0 Å². The molecule has 1 heterocycles. The van der Waals surface area contributed by atoms with Crippen LogP contribution in [0.4, 0.5) is 8.78 Å². The van der Waals surface area contributed by atoms with Gasteiger partial charge in [0.05, 0.1) is 6.54 Å². The molecular weight excluding hydrogens is 222 g/mol. The van der Waals surface area contributed by atoms with Crippen LogP contribution >= 0.6 is 0 Å². The van der Waals surface area contributed by atoms with E-state index in [4.69, 9.17) is 5.73 Å². The van der Waals surface area contributed by atoms with Crippen LogP contribution in [-0.4, -0.2) is 17.0 Å². The lowest BCUT2D eigenvalue weighted by Gasteiger charge is -2.08. The summed E-state index contributed by atoms with van der Waals surface area (Å²) in [7, 11) is 0. The molecule has 2 N–H and O–H groups in total. The molecule has 0 saturated carbocycles. The number of rotatable bonds is 4. The van der Waals surface area contributed by atoms with E-state index in [1.165, 1.54) is 0 Å². The van der Waals surface area contributed by atoms with E-state index < -0.39 is 6.43 Å². The topological polar surface area (TPSA) is 30.9 Å². The second-order valence-corrected chi connectivity index (χ2v) is 4.39. The van der Waals surface area contributed by atoms with E-state index in [0.29, 0.717) is 0 Å². The molecule has 0 saturated heterocycles. The molecule has 2 rings (SSSR count). The fourth-order valence-corrected chi connectivity index (χ4v) is 2.12. The minimum Gasteiger partial charge on any atom is -0.342 e. The quantitative estimate of drug-likeness (QED) is 0.872. The maximum Gasteiger partial charge on any atom is 0.256 e. The Bertz CT molecular complexity index is 503. The van der Waals surface area contributed by atoms with Crippen LogP contribution in [0.25, 0.3) is 10.9 Å². The number of alkyl halides is 2. The molecule has 1 atom stereocenters. The van der Waals surface area contributed by atoms with Crippen molar-refractivity contribution in [1.29, 1.82) is 0 Å². The Balaban J connectivity index is 2.41. The zero-order valence-corrected chi connectivity index (χ0v) is 9.74. The number of hydrogen-bond donors (Lipinski definition) is 1. The van der Waals surface area contributed by atoms with Gasteiger partial charge in [0.2, 0.25) is 0 Å². The molecule has 2 aromatic rings. The zero-order chi connectivity index (χ0) is 12.4. The van der Waals surface area contributed by atoms with E-state index in [1.54, 1.807) is 10.8 Å². The Hall–Kier alpha value is -1.42. The molecule has 4 heteroatoms. The molecule has 1 aromatic carbocycles. The van der Waals surface area contributed by atoms with Gasteiger partial charge in [0.15, 0.2) is 0 Å². The standard InChI is InChI=1S/C13H16F2N2/c1-9(16)7-10-3-2-4-12-11(10)5-6-17(12)8-13(14)15/h2-6,9,13H,7-8,16H2,1H3. The summed E-state index contributed by atoms with van der Waals surface area (Å²) in [6.07, 6.45) is 0.139. The fourth-order valence-electron chi connectivity index (χ4n) is 2.12. The van der Waals surface area contributed by atoms with Crippen molar-refractivity contribution in [3.05, 3.63) is 36.0 Å². The van der Waals surface area contributed by atoms with Crippen LogP contribution in [0.5, 0.6) is 0 Å². The highest BCUT2D eigenvalue weighted by Crippen LogP contribution is 2.22. The first-order chi connectivity index (χ1) is 8.08. The predicted molar refractivity (Wildman–Crippen MR) is 65.3 cm³/mol. The van der Waals surface area contributed by atoms with Gasteiger partial charge in [-0.2, -0.15) is 0 Å². The number of fused-ring (bicyclic) bond motifs is 1. The molecule has 0 radical (unpaired) electrons. The summed E-state index contributed by atoms with van der Waals surface area (Å²) in [5, 5.41) is 1.02. The second kappa shape index (κ2) is 4.84. The summed E-state index contributed by atoms with van der Waals surface area (Å²) in [5.41, 5.74) is 7.74. The molecule has 1 aromatic heterocycles. The van der Waals surface area contributed by atoms with Crippen molar-refractivity contribution in [3.63, 3.8) is 0 Å². The number of nitrogens with zero attached hydrogens (tertiary/aromatic N) is 1. The molecule has 0 aliphatic carbocycles. The van der Waals surface area contributed by atoms with Crippen molar-refractivity contribution in [2.45, 2.75) is 32.4 Å². The summed E-state index contributed by atoms with van der Waals surface area (Å²) in [6.45, 7) is 1.68. The fraction of sp³-hybridized carbons (Fsp3) is 0.385. The van der Waals surface area contributed by atoms with Gasteiger partial charge in [-0.15, -0.1) is 0 Å². The van der Waals surface area contributed by atoms with Gasteiger partial charge in [-0.25, -0.2) is 8.78 Å². The molecule has 0 amide bonds. The molecular formula is C13H16F2N2. The molecule has 17 heavy (non-hydrogen) atoms. The normalized spacial score (nSPS) is 13.5. The third-order valence-electron chi connectivity index (χ3n) is 2.78. The van der Waals surface area contributed by atoms with Crippen LogP contribution < -0.4 is 5.73 Å². The highest BCUT2D eigenvalue weighted by atomic mass is 19.3. The lowest BCUT2D eigenvalue weighted by molar-refractivity contribution is 0.128. The van der Waals surface area contributed by atoms with Gasteiger partial charge >= 0.3 is 0 Å². The van der Waals surface area contributed by atoms with E-state index in [2.05, 4.69) is 0 Å². The lowest BCUT2D eigenvalue weighted by Crippen LogP contribution is -2.17. The van der Waals surface area contributed by atoms with E-state index >= 15 is 0 Å². The van der Waals surface area contributed by atoms with Crippen molar-refractivity contribution in [2.75, 3.05) is 0 Å². The van der Waals surface area contributed by atoms with Gasteiger partial charge < -0.3 is 10.3 Å². The van der Waals surface area contributed by atoms with Gasteiger partial charge in [0, 0.05) is 23.1 Å². The van der Waals surface area contributed by atoms with Crippen molar-refractivity contribution < 1.29 is 8.78 Å². The van der Waals surface area contributed by atoms with Crippen molar-refractivity contribution in [2.24, 2.45) is 5.73 Å². The van der Waals surface area contributed by atoms with Crippen LogP contribution in [0, 0.1) is 0 Å². The minimum absolute atomic E-state index is 0.0686. The van der Waals surface area contributed by atoms with Gasteiger partial charge in [-0.05, 0) is 31.0 Å². The number of nitrogens with two attached hydrogens (primary N) is 1. The zero-order valence-electron chi connectivity index (χ0n) is 9.74. The van der Waals surface area contributed by atoms with Crippen LogP contribution in [0.3, 0.4) is 0 Å². The molecule has 0 aliphatic heterocycles. The van der Waals surface area contributed by atoms with Crippen LogP contribution in [0.1, 0.15) is 12.5 Å². The van der Waals surface area contributed by atoms with Gasteiger partial charge in [-0.1, -0.05) is 12.1 Å². The molecule has 0 aliphatic rings. The summed E-state index contributed by atoms with van der Waals surface area (Å²) in [5.74, 6) is 0. The average Bonchev–Trinajstić information content (AvgIpc) is 2.61. The molecule has 1 unspecified atom stereocenters. The lowest BCUT2D eigenvalue weighted by atomic mass is 10.0. The molecule has 92 valence electrons. The third kappa shape index (κ3) is 2.64. The Labute approximate surface area is 99.0 Å². The molecule has 2 nitrogen and oxygen atoms in total. The van der Waals surface area contributed by atoms with E-state index in [9.17, 15) is 8.78 Å². The SMILES string of the molecule is CC(N)Cc1cccc2c1ccn2CC(F)F. The first-order valence-corrected chi connectivity index (χ1v) is 5.68. The number of halogens is 2. The number of benzene rings is 1. The van der Waals surface area contributed by atoms with E-state index in [0.717, 1.165) is 22.9 Å². The monoisotopic (exact) mass is 238 g/mol. The van der Waals surface area contributed by atoms with E-state index in [-0.39, 0.29) is 12.6 Å². The Morgan fingerprint density at radius 1 is 1.29 bits per heavy atom. The van der Waals surface area contributed by atoms with Gasteiger partial charge in [-0.3, -0.25) is 0 Å². The Kier molecular flexibility index (Phi) is 3.43.